The summed E-state index contributed by atoms with van der Waals surface area (Å²) in [7, 11) is 0. The van der Waals surface area contributed by atoms with Gasteiger partial charge in [0.05, 0.1) is 17.4 Å². The second-order valence-electron chi connectivity index (χ2n) is 5.03. The fourth-order valence-electron chi connectivity index (χ4n) is 2.95. The number of nitrogens with zero attached hydrogens (tertiary/aromatic N) is 3. The van der Waals surface area contributed by atoms with Crippen LogP contribution in [0.3, 0.4) is 0 Å². The Labute approximate surface area is 113 Å². The number of hydrogen-bond donors (Lipinski definition) is 1. The van der Waals surface area contributed by atoms with E-state index in [0.29, 0.717) is 6.04 Å². The summed E-state index contributed by atoms with van der Waals surface area (Å²) in [5.74, 6) is 0. The van der Waals surface area contributed by atoms with Gasteiger partial charge in [0.1, 0.15) is 0 Å². The molecule has 3 rings (SSSR count). The van der Waals surface area contributed by atoms with Crippen LogP contribution in [0.4, 0.5) is 5.69 Å². The number of nitrogens with one attached hydrogen (secondary N) is 1. The minimum atomic E-state index is 0.561. The molecule has 100 valence electrons. The van der Waals surface area contributed by atoms with Gasteiger partial charge in [0.2, 0.25) is 0 Å². The van der Waals surface area contributed by atoms with E-state index in [0.717, 1.165) is 25.2 Å². The normalized spacial score (nSPS) is 19.5. The van der Waals surface area contributed by atoms with Crippen LogP contribution in [-0.2, 0) is 0 Å². The molecule has 19 heavy (non-hydrogen) atoms. The molecule has 0 amide bonds. The van der Waals surface area contributed by atoms with E-state index in [4.69, 9.17) is 0 Å². The Bertz CT molecular complexity index is 543. The summed E-state index contributed by atoms with van der Waals surface area (Å²) >= 11 is 0. The fourth-order valence-corrected chi connectivity index (χ4v) is 2.95. The van der Waals surface area contributed by atoms with Crippen LogP contribution in [0.15, 0.2) is 30.5 Å². The number of piperidine rings is 1. The molecule has 0 aliphatic carbocycles. The van der Waals surface area contributed by atoms with Crippen LogP contribution >= 0.6 is 0 Å². The lowest BCUT2D eigenvalue weighted by Crippen LogP contribution is -2.46. The third kappa shape index (κ3) is 2.40. The smallest absolute Gasteiger partial charge is 0.0950 e. The molecule has 0 saturated carbocycles. The van der Waals surface area contributed by atoms with Gasteiger partial charge < -0.3 is 10.2 Å². The van der Waals surface area contributed by atoms with Gasteiger partial charge in [-0.15, -0.1) is 0 Å². The summed E-state index contributed by atoms with van der Waals surface area (Å²) in [4.78, 5) is 2.46. The van der Waals surface area contributed by atoms with Crippen molar-refractivity contribution < 1.29 is 0 Å². The lowest BCUT2D eigenvalue weighted by Gasteiger charge is -2.35. The number of anilines is 1. The van der Waals surface area contributed by atoms with Crippen LogP contribution in [0.2, 0.25) is 0 Å². The summed E-state index contributed by atoms with van der Waals surface area (Å²) in [5.41, 5.74) is 2.18. The lowest BCUT2D eigenvalue weighted by molar-refractivity contribution is 0.435. The second kappa shape index (κ2) is 5.53. The highest BCUT2D eigenvalue weighted by atomic mass is 15.2. The molecule has 2 aromatic rings. The zero-order valence-electron chi connectivity index (χ0n) is 11.3. The molecule has 1 aromatic carbocycles. The minimum Gasteiger partial charge on any atom is -0.366 e. The number of benzene rings is 1. The van der Waals surface area contributed by atoms with E-state index in [1.165, 1.54) is 23.9 Å². The van der Waals surface area contributed by atoms with Crippen molar-refractivity contribution in [2.45, 2.75) is 25.8 Å². The van der Waals surface area contributed by atoms with E-state index in [9.17, 15) is 0 Å². The Hall–Kier alpha value is -1.68. The Morgan fingerprint density at radius 1 is 1.37 bits per heavy atom. The first kappa shape index (κ1) is 12.4. The van der Waals surface area contributed by atoms with Gasteiger partial charge in [0, 0.05) is 24.5 Å². The topological polar surface area (TPSA) is 41.1 Å². The molecule has 1 aliphatic heterocycles. The molecule has 0 spiro atoms. The predicted molar refractivity (Wildman–Crippen MR) is 78.4 cm³/mol. The molecule has 1 unspecified atom stereocenters. The Kier molecular flexibility index (Phi) is 3.60. The van der Waals surface area contributed by atoms with Crippen LogP contribution in [0.5, 0.6) is 0 Å². The van der Waals surface area contributed by atoms with Crippen LogP contribution in [0, 0.1) is 0 Å². The number of hydrogen-bond acceptors (Lipinski definition) is 4. The standard InChI is InChI=1S/C15H20N4/c1-2-19(12-6-5-9-16-10-12)15-11-17-18-14-8-4-3-7-13(14)15/h3-4,7-8,11-12,16H,2,5-6,9-10H2,1H3. The van der Waals surface area contributed by atoms with Crippen molar-refractivity contribution in [2.24, 2.45) is 0 Å². The predicted octanol–water partition coefficient (Wildman–Crippen LogP) is 2.21. The van der Waals surface area contributed by atoms with Gasteiger partial charge in [-0.1, -0.05) is 18.2 Å². The first-order valence-corrected chi connectivity index (χ1v) is 7.08. The van der Waals surface area contributed by atoms with Crippen molar-refractivity contribution >= 4 is 16.6 Å². The fraction of sp³-hybridized carbons (Fsp3) is 0.467. The number of aromatic nitrogens is 2. The minimum absolute atomic E-state index is 0.561. The zero-order valence-corrected chi connectivity index (χ0v) is 11.3. The molecule has 1 fully saturated rings. The maximum Gasteiger partial charge on any atom is 0.0950 e. The molecule has 0 bridgehead atoms. The third-order valence-corrected chi connectivity index (χ3v) is 3.89. The lowest BCUT2D eigenvalue weighted by atomic mass is 10.0. The Morgan fingerprint density at radius 2 is 2.26 bits per heavy atom. The van der Waals surface area contributed by atoms with E-state index in [1.807, 2.05) is 18.3 Å². The molecule has 4 heteroatoms. The molecule has 1 atom stereocenters. The summed E-state index contributed by atoms with van der Waals surface area (Å²) < 4.78 is 0. The van der Waals surface area contributed by atoms with Crippen LogP contribution in [0.25, 0.3) is 10.9 Å². The van der Waals surface area contributed by atoms with Gasteiger partial charge >= 0.3 is 0 Å². The number of rotatable bonds is 3. The summed E-state index contributed by atoms with van der Waals surface area (Å²) in [5, 5.41) is 13.1. The van der Waals surface area contributed by atoms with Crippen molar-refractivity contribution in [3.63, 3.8) is 0 Å². The van der Waals surface area contributed by atoms with E-state index in [2.05, 4.69) is 39.5 Å². The maximum atomic E-state index is 4.21. The first-order chi connectivity index (χ1) is 9.40. The van der Waals surface area contributed by atoms with Crippen LogP contribution < -0.4 is 10.2 Å². The van der Waals surface area contributed by atoms with Gasteiger partial charge in [-0.05, 0) is 32.4 Å². The molecular formula is C15H20N4. The second-order valence-corrected chi connectivity index (χ2v) is 5.03. The molecule has 1 aliphatic rings. The molecule has 2 heterocycles. The molecular weight excluding hydrogens is 236 g/mol. The average Bonchev–Trinajstić information content (AvgIpc) is 2.49. The third-order valence-electron chi connectivity index (χ3n) is 3.89. The number of fused-ring (bicyclic) bond motifs is 1. The van der Waals surface area contributed by atoms with E-state index < -0.39 is 0 Å². The largest absolute Gasteiger partial charge is 0.366 e. The quantitative estimate of drug-likeness (QED) is 0.914. The summed E-state index contributed by atoms with van der Waals surface area (Å²) in [6.07, 6.45) is 4.40. The van der Waals surface area contributed by atoms with Crippen molar-refractivity contribution in [3.05, 3.63) is 30.5 Å². The molecule has 0 radical (unpaired) electrons. The molecule has 1 saturated heterocycles. The summed E-state index contributed by atoms with van der Waals surface area (Å²) in [6.45, 7) is 5.42. The van der Waals surface area contributed by atoms with Crippen molar-refractivity contribution in [3.8, 4) is 0 Å². The van der Waals surface area contributed by atoms with E-state index in [1.54, 1.807) is 0 Å². The van der Waals surface area contributed by atoms with Crippen molar-refractivity contribution in [1.82, 2.24) is 15.5 Å². The van der Waals surface area contributed by atoms with Gasteiger partial charge in [-0.2, -0.15) is 10.2 Å². The average molecular weight is 256 g/mol. The monoisotopic (exact) mass is 256 g/mol. The van der Waals surface area contributed by atoms with Gasteiger partial charge in [-0.3, -0.25) is 0 Å². The van der Waals surface area contributed by atoms with E-state index >= 15 is 0 Å². The Morgan fingerprint density at radius 3 is 3.05 bits per heavy atom. The molecule has 1 N–H and O–H groups in total. The van der Waals surface area contributed by atoms with Crippen molar-refractivity contribution in [1.29, 1.82) is 0 Å². The highest BCUT2D eigenvalue weighted by Gasteiger charge is 2.21. The first-order valence-electron chi connectivity index (χ1n) is 7.08. The SMILES string of the molecule is CCN(c1cnnc2ccccc12)C1CCCNC1. The van der Waals surface area contributed by atoms with Crippen LogP contribution in [-0.4, -0.2) is 35.9 Å². The summed E-state index contributed by atoms with van der Waals surface area (Å²) in [6, 6.07) is 8.81. The molecule has 1 aromatic heterocycles. The van der Waals surface area contributed by atoms with Crippen LogP contribution in [0.1, 0.15) is 19.8 Å². The highest BCUT2D eigenvalue weighted by Crippen LogP contribution is 2.27. The highest BCUT2D eigenvalue weighted by molar-refractivity contribution is 5.90. The van der Waals surface area contributed by atoms with Gasteiger partial charge in [0.25, 0.3) is 0 Å². The molecule has 4 nitrogen and oxygen atoms in total. The van der Waals surface area contributed by atoms with E-state index in [-0.39, 0.29) is 0 Å². The Balaban J connectivity index is 2.00. The maximum absolute atomic E-state index is 4.21. The van der Waals surface area contributed by atoms with Crippen molar-refractivity contribution in [2.75, 3.05) is 24.5 Å². The van der Waals surface area contributed by atoms with Gasteiger partial charge in [-0.25, -0.2) is 0 Å². The van der Waals surface area contributed by atoms with Gasteiger partial charge in [0.15, 0.2) is 0 Å². The zero-order chi connectivity index (χ0) is 13.1. The number of likely N-dealkylation sites (N-methyl/N-ethyl adjacent to an activating group) is 1.